The molecule has 0 amide bonds. The minimum Gasteiger partial charge on any atom is -0.398 e. The quantitative estimate of drug-likeness (QED) is 0.841. The van der Waals surface area contributed by atoms with E-state index in [4.69, 9.17) is 17.3 Å². The summed E-state index contributed by atoms with van der Waals surface area (Å²) < 4.78 is 0.941. The number of hydrogen-bond donors (Lipinski definition) is 1. The van der Waals surface area contributed by atoms with Crippen LogP contribution < -0.4 is 5.73 Å². The first kappa shape index (κ1) is 14.4. The van der Waals surface area contributed by atoms with E-state index in [1.54, 1.807) is 0 Å². The van der Waals surface area contributed by atoms with E-state index >= 15 is 0 Å². The monoisotopic (exact) mass is 338 g/mol. The number of hydrogen-bond acceptors (Lipinski definition) is 2. The highest BCUT2D eigenvalue weighted by molar-refractivity contribution is 9.10. The first-order valence-corrected chi connectivity index (χ1v) is 7.19. The van der Waals surface area contributed by atoms with E-state index in [9.17, 15) is 0 Å². The van der Waals surface area contributed by atoms with E-state index in [2.05, 4.69) is 40.0 Å². The fourth-order valence-corrected chi connectivity index (χ4v) is 2.58. The molecule has 2 aromatic rings. The van der Waals surface area contributed by atoms with Crippen LogP contribution in [0.2, 0.25) is 5.02 Å². The summed E-state index contributed by atoms with van der Waals surface area (Å²) >= 11 is 9.62. The molecule has 2 N–H and O–H groups in total. The molecule has 0 saturated carbocycles. The predicted molar refractivity (Wildman–Crippen MR) is 85.2 cm³/mol. The molecule has 0 bridgehead atoms. The molecular weight excluding hydrogens is 324 g/mol. The third kappa shape index (κ3) is 3.96. The lowest BCUT2D eigenvalue weighted by Crippen LogP contribution is -2.17. The van der Waals surface area contributed by atoms with Crippen molar-refractivity contribution in [1.82, 2.24) is 4.90 Å². The molecular formula is C15H16BrClN2. The summed E-state index contributed by atoms with van der Waals surface area (Å²) in [7, 11) is 2.08. The van der Waals surface area contributed by atoms with E-state index < -0.39 is 0 Å². The molecule has 4 heteroatoms. The minimum atomic E-state index is 0.762. The van der Waals surface area contributed by atoms with Crippen LogP contribution >= 0.6 is 27.5 Å². The van der Waals surface area contributed by atoms with Gasteiger partial charge in [0, 0.05) is 28.3 Å². The Labute approximate surface area is 127 Å². The maximum Gasteiger partial charge on any atom is 0.0458 e. The molecule has 0 aliphatic heterocycles. The number of nitrogens with zero attached hydrogens (tertiary/aromatic N) is 1. The van der Waals surface area contributed by atoms with E-state index in [0.717, 1.165) is 33.8 Å². The first-order valence-electron chi connectivity index (χ1n) is 6.02. The van der Waals surface area contributed by atoms with E-state index in [1.807, 2.05) is 30.3 Å². The van der Waals surface area contributed by atoms with Gasteiger partial charge in [-0.2, -0.15) is 0 Å². The molecule has 0 aromatic heterocycles. The average Bonchev–Trinajstić information content (AvgIpc) is 2.37. The third-order valence-electron chi connectivity index (χ3n) is 2.92. The Morgan fingerprint density at radius 3 is 2.58 bits per heavy atom. The summed E-state index contributed by atoms with van der Waals surface area (Å²) in [4.78, 5) is 2.22. The second-order valence-electron chi connectivity index (χ2n) is 4.62. The lowest BCUT2D eigenvalue weighted by Gasteiger charge is -2.18. The van der Waals surface area contributed by atoms with E-state index in [-0.39, 0.29) is 0 Å². The summed E-state index contributed by atoms with van der Waals surface area (Å²) in [6.45, 7) is 1.67. The van der Waals surface area contributed by atoms with Crippen molar-refractivity contribution in [2.24, 2.45) is 0 Å². The standard InChI is InChI=1S/C15H16BrClN2/c1-19(10-12-4-2-3-5-14(12)17)9-11-6-7-15(18)13(16)8-11/h2-8H,9-10,18H2,1H3. The Hall–Kier alpha value is -1.03. The van der Waals surface area contributed by atoms with Gasteiger partial charge in [0.2, 0.25) is 0 Å². The molecule has 0 atom stereocenters. The normalized spacial score (nSPS) is 10.9. The van der Waals surface area contributed by atoms with Crippen LogP contribution in [-0.2, 0) is 13.1 Å². The Morgan fingerprint density at radius 2 is 1.89 bits per heavy atom. The molecule has 2 aromatic carbocycles. The summed E-state index contributed by atoms with van der Waals surface area (Å²) in [5.74, 6) is 0. The van der Waals surface area contributed by atoms with Gasteiger partial charge in [-0.25, -0.2) is 0 Å². The third-order valence-corrected chi connectivity index (χ3v) is 3.97. The van der Waals surface area contributed by atoms with Gasteiger partial charge in [0.05, 0.1) is 0 Å². The molecule has 100 valence electrons. The molecule has 0 saturated heterocycles. The Kier molecular flexibility index (Phi) is 4.86. The van der Waals surface area contributed by atoms with Crippen molar-refractivity contribution in [3.8, 4) is 0 Å². The molecule has 0 unspecified atom stereocenters. The van der Waals surface area contributed by atoms with Gasteiger partial charge in [0.1, 0.15) is 0 Å². The number of anilines is 1. The van der Waals surface area contributed by atoms with Gasteiger partial charge in [0.25, 0.3) is 0 Å². The Morgan fingerprint density at radius 1 is 1.16 bits per heavy atom. The molecule has 2 nitrogen and oxygen atoms in total. The maximum absolute atomic E-state index is 6.17. The first-order chi connectivity index (χ1) is 9.06. The Bertz CT molecular complexity index is 572. The lowest BCUT2D eigenvalue weighted by molar-refractivity contribution is 0.319. The summed E-state index contributed by atoms with van der Waals surface area (Å²) in [5.41, 5.74) is 8.90. The van der Waals surface area contributed by atoms with Crippen LogP contribution in [0.25, 0.3) is 0 Å². The smallest absolute Gasteiger partial charge is 0.0458 e. The molecule has 0 spiro atoms. The number of nitrogens with two attached hydrogens (primary N) is 1. The highest BCUT2D eigenvalue weighted by Gasteiger charge is 2.06. The zero-order chi connectivity index (χ0) is 13.8. The number of nitrogen functional groups attached to an aromatic ring is 1. The Balaban J connectivity index is 2.03. The van der Waals surface area contributed by atoms with Gasteiger partial charge in [-0.15, -0.1) is 0 Å². The van der Waals surface area contributed by atoms with Gasteiger partial charge >= 0.3 is 0 Å². The topological polar surface area (TPSA) is 29.3 Å². The van der Waals surface area contributed by atoms with Crippen molar-refractivity contribution < 1.29 is 0 Å². The van der Waals surface area contributed by atoms with Crippen LogP contribution in [0.1, 0.15) is 11.1 Å². The summed E-state index contributed by atoms with van der Waals surface area (Å²) in [6, 6.07) is 13.9. The maximum atomic E-state index is 6.17. The van der Waals surface area contributed by atoms with Crippen molar-refractivity contribution in [2.45, 2.75) is 13.1 Å². The predicted octanol–water partition coefficient (Wildman–Crippen LogP) is 4.32. The van der Waals surface area contributed by atoms with Gasteiger partial charge < -0.3 is 5.73 Å². The van der Waals surface area contributed by atoms with Gasteiger partial charge in [-0.3, -0.25) is 4.90 Å². The highest BCUT2D eigenvalue weighted by atomic mass is 79.9. The molecule has 0 aliphatic carbocycles. The number of benzene rings is 2. The van der Waals surface area contributed by atoms with Crippen molar-refractivity contribution in [3.63, 3.8) is 0 Å². The zero-order valence-electron chi connectivity index (χ0n) is 10.7. The van der Waals surface area contributed by atoms with Gasteiger partial charge in [-0.05, 0) is 52.3 Å². The number of halogens is 2. The zero-order valence-corrected chi connectivity index (χ0v) is 13.1. The fraction of sp³-hybridized carbons (Fsp3) is 0.200. The van der Waals surface area contributed by atoms with Crippen LogP contribution in [0.15, 0.2) is 46.9 Å². The minimum absolute atomic E-state index is 0.762. The van der Waals surface area contributed by atoms with E-state index in [0.29, 0.717) is 0 Å². The van der Waals surface area contributed by atoms with Crippen LogP contribution in [0.5, 0.6) is 0 Å². The SMILES string of the molecule is CN(Cc1ccc(N)c(Br)c1)Cc1ccccc1Cl. The molecule has 0 heterocycles. The molecule has 0 radical (unpaired) electrons. The lowest BCUT2D eigenvalue weighted by atomic mass is 10.1. The second kappa shape index (κ2) is 6.42. The van der Waals surface area contributed by atoms with Crippen molar-refractivity contribution in [2.75, 3.05) is 12.8 Å². The van der Waals surface area contributed by atoms with Crippen molar-refractivity contribution in [3.05, 3.63) is 63.1 Å². The molecule has 0 fully saturated rings. The van der Waals surface area contributed by atoms with Crippen LogP contribution in [-0.4, -0.2) is 11.9 Å². The molecule has 19 heavy (non-hydrogen) atoms. The molecule has 2 rings (SSSR count). The summed E-state index contributed by atoms with van der Waals surface area (Å²) in [6.07, 6.45) is 0. The number of rotatable bonds is 4. The van der Waals surface area contributed by atoms with Gasteiger partial charge in [-0.1, -0.05) is 35.9 Å². The average molecular weight is 340 g/mol. The summed E-state index contributed by atoms with van der Waals surface area (Å²) in [5, 5.41) is 0.813. The van der Waals surface area contributed by atoms with Crippen LogP contribution in [0, 0.1) is 0 Å². The van der Waals surface area contributed by atoms with Gasteiger partial charge in [0.15, 0.2) is 0 Å². The van der Waals surface area contributed by atoms with Crippen molar-refractivity contribution in [1.29, 1.82) is 0 Å². The second-order valence-corrected chi connectivity index (χ2v) is 5.88. The van der Waals surface area contributed by atoms with Crippen LogP contribution in [0.3, 0.4) is 0 Å². The molecule has 0 aliphatic rings. The highest BCUT2D eigenvalue weighted by Crippen LogP contribution is 2.22. The van der Waals surface area contributed by atoms with E-state index in [1.165, 1.54) is 5.56 Å². The van der Waals surface area contributed by atoms with Crippen LogP contribution in [0.4, 0.5) is 5.69 Å². The fourth-order valence-electron chi connectivity index (χ4n) is 1.95. The van der Waals surface area contributed by atoms with Crippen molar-refractivity contribution >= 4 is 33.2 Å². The largest absolute Gasteiger partial charge is 0.398 e.